The first-order valence-corrected chi connectivity index (χ1v) is 8.04. The smallest absolute Gasteiger partial charge is 0.211 e. The van der Waals surface area contributed by atoms with Crippen molar-refractivity contribution < 1.29 is 8.42 Å². The van der Waals surface area contributed by atoms with Crippen molar-refractivity contribution >= 4 is 33.0 Å². The van der Waals surface area contributed by atoms with Gasteiger partial charge in [0.25, 0.3) is 0 Å². The first-order valence-electron chi connectivity index (χ1n) is 4.98. The Labute approximate surface area is 105 Å². The van der Waals surface area contributed by atoms with Crippen molar-refractivity contribution in [1.82, 2.24) is 9.71 Å². The maximum atomic E-state index is 11.4. The van der Waals surface area contributed by atoms with Gasteiger partial charge in [-0.15, -0.1) is 22.9 Å². The lowest BCUT2D eigenvalue weighted by Crippen LogP contribution is -2.28. The summed E-state index contributed by atoms with van der Waals surface area (Å²) >= 11 is 7.01. The van der Waals surface area contributed by atoms with E-state index in [0.717, 1.165) is 10.7 Å². The zero-order valence-corrected chi connectivity index (χ0v) is 11.5. The van der Waals surface area contributed by atoms with Crippen LogP contribution >= 0.6 is 22.9 Å². The van der Waals surface area contributed by atoms with Gasteiger partial charge in [0.1, 0.15) is 0 Å². The molecule has 92 valence electrons. The van der Waals surface area contributed by atoms with E-state index in [2.05, 4.69) is 9.71 Å². The van der Waals surface area contributed by atoms with Gasteiger partial charge >= 0.3 is 0 Å². The fourth-order valence-electron chi connectivity index (χ4n) is 1.17. The number of aryl methyl sites for hydroxylation is 1. The molecule has 0 saturated heterocycles. The van der Waals surface area contributed by atoms with Gasteiger partial charge in [-0.2, -0.15) is 0 Å². The number of sulfonamides is 1. The molecule has 0 radical (unpaired) electrons. The van der Waals surface area contributed by atoms with Gasteiger partial charge in [-0.3, -0.25) is 0 Å². The van der Waals surface area contributed by atoms with Crippen molar-refractivity contribution in [3.63, 3.8) is 0 Å². The van der Waals surface area contributed by atoms with Gasteiger partial charge in [-0.25, -0.2) is 18.1 Å². The monoisotopic (exact) mass is 282 g/mol. The SMILES string of the molecule is Cc1nc(CCNS(=O)(=O)CCCCl)cs1. The second kappa shape index (κ2) is 6.54. The van der Waals surface area contributed by atoms with Crippen LogP contribution < -0.4 is 4.72 Å². The fourth-order valence-corrected chi connectivity index (χ4v) is 3.20. The van der Waals surface area contributed by atoms with E-state index >= 15 is 0 Å². The number of rotatable bonds is 7. The van der Waals surface area contributed by atoms with Crippen LogP contribution in [0.4, 0.5) is 0 Å². The average molecular weight is 283 g/mol. The fraction of sp³-hybridized carbons (Fsp3) is 0.667. The van der Waals surface area contributed by atoms with Crippen LogP contribution in [0.15, 0.2) is 5.38 Å². The molecule has 1 aromatic heterocycles. The molecule has 7 heteroatoms. The van der Waals surface area contributed by atoms with Crippen molar-refractivity contribution in [2.24, 2.45) is 0 Å². The number of hydrogen-bond donors (Lipinski definition) is 1. The van der Waals surface area contributed by atoms with E-state index < -0.39 is 10.0 Å². The van der Waals surface area contributed by atoms with E-state index in [1.165, 1.54) is 0 Å². The molecule has 0 unspecified atom stereocenters. The highest BCUT2D eigenvalue weighted by molar-refractivity contribution is 7.89. The molecular formula is C9H15ClN2O2S2. The third-order valence-corrected chi connectivity index (χ3v) is 4.48. The molecule has 0 aromatic carbocycles. The van der Waals surface area contributed by atoms with Crippen LogP contribution in [0.2, 0.25) is 0 Å². The molecule has 0 aliphatic rings. The van der Waals surface area contributed by atoms with Crippen LogP contribution in [0.1, 0.15) is 17.1 Å². The Morgan fingerprint density at radius 3 is 2.88 bits per heavy atom. The summed E-state index contributed by atoms with van der Waals surface area (Å²) in [5.41, 5.74) is 0.933. The number of thiazole rings is 1. The second-order valence-electron chi connectivity index (χ2n) is 3.36. The Morgan fingerprint density at radius 2 is 2.31 bits per heavy atom. The number of alkyl halides is 1. The Morgan fingerprint density at radius 1 is 1.56 bits per heavy atom. The summed E-state index contributed by atoms with van der Waals surface area (Å²) in [7, 11) is -3.17. The Balaban J connectivity index is 2.29. The minimum absolute atomic E-state index is 0.0899. The number of hydrogen-bond acceptors (Lipinski definition) is 4. The van der Waals surface area contributed by atoms with Gasteiger partial charge in [0.05, 0.1) is 16.5 Å². The highest BCUT2D eigenvalue weighted by Gasteiger charge is 2.08. The van der Waals surface area contributed by atoms with Crippen molar-refractivity contribution in [2.45, 2.75) is 19.8 Å². The Bertz CT molecular complexity index is 417. The van der Waals surface area contributed by atoms with Gasteiger partial charge in [0.15, 0.2) is 0 Å². The third kappa shape index (κ3) is 5.25. The van der Waals surface area contributed by atoms with Crippen LogP contribution in [-0.2, 0) is 16.4 Å². The molecule has 0 fully saturated rings. The molecule has 4 nitrogen and oxygen atoms in total. The summed E-state index contributed by atoms with van der Waals surface area (Å²) in [6, 6.07) is 0. The van der Waals surface area contributed by atoms with E-state index in [4.69, 9.17) is 11.6 Å². The summed E-state index contributed by atoms with van der Waals surface area (Å²) in [6.45, 7) is 2.33. The summed E-state index contributed by atoms with van der Waals surface area (Å²) in [5.74, 6) is 0.457. The number of nitrogens with zero attached hydrogens (tertiary/aromatic N) is 1. The standard InChI is InChI=1S/C9H15ClN2O2S2/c1-8-12-9(7-15-8)3-5-11-16(13,14)6-2-4-10/h7,11H,2-6H2,1H3. The maximum Gasteiger partial charge on any atom is 0.211 e. The minimum atomic E-state index is -3.17. The molecule has 1 heterocycles. The lowest BCUT2D eigenvalue weighted by molar-refractivity contribution is 0.580. The largest absolute Gasteiger partial charge is 0.247 e. The van der Waals surface area contributed by atoms with E-state index in [1.807, 2.05) is 12.3 Å². The van der Waals surface area contributed by atoms with Crippen LogP contribution in [0.3, 0.4) is 0 Å². The summed E-state index contributed by atoms with van der Waals surface area (Å²) in [6.07, 6.45) is 1.11. The van der Waals surface area contributed by atoms with Gasteiger partial charge in [-0.05, 0) is 13.3 Å². The average Bonchev–Trinajstić information content (AvgIpc) is 2.61. The molecule has 0 saturated carbocycles. The van der Waals surface area contributed by atoms with Crippen molar-refractivity contribution in [1.29, 1.82) is 0 Å². The van der Waals surface area contributed by atoms with Gasteiger partial charge in [0.2, 0.25) is 10.0 Å². The van der Waals surface area contributed by atoms with Crippen LogP contribution in [0.25, 0.3) is 0 Å². The minimum Gasteiger partial charge on any atom is -0.247 e. The summed E-state index contributed by atoms with van der Waals surface area (Å²) in [4.78, 5) is 4.25. The second-order valence-corrected chi connectivity index (χ2v) is 6.73. The van der Waals surface area contributed by atoms with Crippen molar-refractivity contribution in [3.8, 4) is 0 Å². The number of aromatic nitrogens is 1. The lowest BCUT2D eigenvalue weighted by Gasteiger charge is -2.04. The maximum absolute atomic E-state index is 11.4. The first kappa shape index (κ1) is 13.9. The zero-order valence-electron chi connectivity index (χ0n) is 9.07. The number of nitrogens with one attached hydrogen (secondary N) is 1. The van der Waals surface area contributed by atoms with Crippen molar-refractivity contribution in [3.05, 3.63) is 16.1 Å². The summed E-state index contributed by atoms with van der Waals surface area (Å²) in [5, 5.41) is 2.95. The lowest BCUT2D eigenvalue weighted by atomic mass is 10.3. The quantitative estimate of drug-likeness (QED) is 0.772. The molecule has 0 aliphatic heterocycles. The molecule has 0 amide bonds. The van der Waals surface area contributed by atoms with Gasteiger partial charge in [0, 0.05) is 24.2 Å². The van der Waals surface area contributed by atoms with Crippen molar-refractivity contribution in [2.75, 3.05) is 18.2 Å². The van der Waals surface area contributed by atoms with Gasteiger partial charge < -0.3 is 0 Å². The third-order valence-electron chi connectivity index (χ3n) is 1.92. The predicted octanol–water partition coefficient (Wildman–Crippen LogP) is 1.54. The highest BCUT2D eigenvalue weighted by atomic mass is 35.5. The molecule has 0 atom stereocenters. The van der Waals surface area contributed by atoms with Crippen LogP contribution in [0, 0.1) is 6.92 Å². The van der Waals surface area contributed by atoms with E-state index in [0.29, 0.717) is 25.3 Å². The van der Waals surface area contributed by atoms with Crippen LogP contribution in [-0.4, -0.2) is 31.6 Å². The summed E-state index contributed by atoms with van der Waals surface area (Å²) < 4.78 is 25.3. The van der Waals surface area contributed by atoms with Crippen LogP contribution in [0.5, 0.6) is 0 Å². The number of halogens is 1. The predicted molar refractivity (Wildman–Crippen MR) is 67.7 cm³/mol. The normalized spacial score (nSPS) is 11.9. The zero-order chi connectivity index (χ0) is 12.0. The Kier molecular flexibility index (Phi) is 5.68. The molecule has 0 aliphatic carbocycles. The van der Waals surface area contributed by atoms with E-state index in [9.17, 15) is 8.42 Å². The van der Waals surface area contributed by atoms with Gasteiger partial charge in [-0.1, -0.05) is 0 Å². The Hall–Kier alpha value is -0.170. The molecule has 0 spiro atoms. The molecule has 16 heavy (non-hydrogen) atoms. The van der Waals surface area contributed by atoms with E-state index in [1.54, 1.807) is 11.3 Å². The molecular weight excluding hydrogens is 268 g/mol. The molecule has 1 rings (SSSR count). The molecule has 1 aromatic rings. The highest BCUT2D eigenvalue weighted by Crippen LogP contribution is 2.07. The first-order chi connectivity index (χ1) is 7.53. The molecule has 0 bridgehead atoms. The topological polar surface area (TPSA) is 59.1 Å². The van der Waals surface area contributed by atoms with E-state index in [-0.39, 0.29) is 5.75 Å². The molecule has 1 N–H and O–H groups in total.